The van der Waals surface area contributed by atoms with Crippen LogP contribution in [0.2, 0.25) is 0 Å². The predicted octanol–water partition coefficient (Wildman–Crippen LogP) is 1.74. The van der Waals surface area contributed by atoms with Crippen molar-refractivity contribution in [2.45, 2.75) is 18.7 Å². The van der Waals surface area contributed by atoms with Crippen LogP contribution >= 0.6 is 0 Å². The van der Waals surface area contributed by atoms with Gasteiger partial charge in [-0.1, -0.05) is 0 Å². The SMILES string of the molecule is CC(=O)c1c(F)cc(C)cc1S(C)(=O)=O. The number of halogens is 1. The first-order valence-corrected chi connectivity index (χ1v) is 6.13. The maximum absolute atomic E-state index is 13.4. The molecule has 0 bridgehead atoms. The highest BCUT2D eigenvalue weighted by Crippen LogP contribution is 2.21. The average Bonchev–Trinajstić information content (AvgIpc) is 1.99. The second-order valence-electron chi connectivity index (χ2n) is 3.45. The Labute approximate surface area is 87.8 Å². The van der Waals surface area contributed by atoms with E-state index in [0.29, 0.717) is 5.56 Å². The molecule has 0 aromatic heterocycles. The van der Waals surface area contributed by atoms with Gasteiger partial charge in [-0.15, -0.1) is 0 Å². The van der Waals surface area contributed by atoms with E-state index in [1.165, 1.54) is 6.07 Å². The Bertz CT molecular complexity index is 518. The molecule has 3 nitrogen and oxygen atoms in total. The highest BCUT2D eigenvalue weighted by Gasteiger charge is 2.20. The van der Waals surface area contributed by atoms with Crippen molar-refractivity contribution in [2.24, 2.45) is 0 Å². The van der Waals surface area contributed by atoms with Crippen molar-refractivity contribution in [1.82, 2.24) is 0 Å². The van der Waals surface area contributed by atoms with Crippen molar-refractivity contribution in [1.29, 1.82) is 0 Å². The van der Waals surface area contributed by atoms with Gasteiger partial charge in [0, 0.05) is 6.26 Å². The number of sulfone groups is 1. The Balaban J connectivity index is 3.70. The maximum atomic E-state index is 13.4. The van der Waals surface area contributed by atoms with E-state index in [1.807, 2.05) is 0 Å². The summed E-state index contributed by atoms with van der Waals surface area (Å²) in [7, 11) is -3.58. The van der Waals surface area contributed by atoms with Gasteiger partial charge in [0.25, 0.3) is 0 Å². The lowest BCUT2D eigenvalue weighted by molar-refractivity contribution is 0.101. The van der Waals surface area contributed by atoms with Gasteiger partial charge in [0.05, 0.1) is 10.5 Å². The number of hydrogen-bond donors (Lipinski definition) is 0. The van der Waals surface area contributed by atoms with Gasteiger partial charge in [0.1, 0.15) is 5.82 Å². The van der Waals surface area contributed by atoms with Crippen LogP contribution < -0.4 is 0 Å². The summed E-state index contributed by atoms with van der Waals surface area (Å²) in [5.74, 6) is -1.38. The lowest BCUT2D eigenvalue weighted by Gasteiger charge is -2.07. The largest absolute Gasteiger partial charge is 0.294 e. The fraction of sp³-hybridized carbons (Fsp3) is 0.300. The van der Waals surface area contributed by atoms with Crippen molar-refractivity contribution in [3.8, 4) is 0 Å². The Morgan fingerprint density at radius 1 is 1.33 bits per heavy atom. The molecule has 0 saturated heterocycles. The summed E-state index contributed by atoms with van der Waals surface area (Å²) in [6.45, 7) is 2.71. The van der Waals surface area contributed by atoms with E-state index in [0.717, 1.165) is 19.2 Å². The van der Waals surface area contributed by atoms with Gasteiger partial charge in [0.2, 0.25) is 0 Å². The molecule has 82 valence electrons. The molecular weight excluding hydrogens is 219 g/mol. The van der Waals surface area contributed by atoms with Crippen LogP contribution in [0.1, 0.15) is 22.8 Å². The molecule has 1 rings (SSSR count). The minimum Gasteiger partial charge on any atom is -0.294 e. The molecule has 0 fully saturated rings. The molecule has 0 N–H and O–H groups in total. The molecule has 1 aromatic rings. The van der Waals surface area contributed by atoms with Crippen LogP contribution in [0.4, 0.5) is 4.39 Å². The van der Waals surface area contributed by atoms with Crippen molar-refractivity contribution in [2.75, 3.05) is 6.26 Å². The van der Waals surface area contributed by atoms with E-state index >= 15 is 0 Å². The second-order valence-corrected chi connectivity index (χ2v) is 5.43. The van der Waals surface area contributed by atoms with Crippen LogP contribution in [-0.4, -0.2) is 20.5 Å². The minimum absolute atomic E-state index is 0.243. The predicted molar refractivity (Wildman–Crippen MR) is 54.3 cm³/mol. The van der Waals surface area contributed by atoms with Crippen LogP contribution in [0.3, 0.4) is 0 Å². The molecule has 5 heteroatoms. The molecule has 0 saturated carbocycles. The number of carbonyl (C=O) groups is 1. The minimum atomic E-state index is -3.58. The summed E-state index contributed by atoms with van der Waals surface area (Å²) in [5.41, 5.74) is 0.112. The van der Waals surface area contributed by atoms with E-state index in [4.69, 9.17) is 0 Å². The number of rotatable bonds is 2. The average molecular weight is 230 g/mol. The molecule has 1 aromatic carbocycles. The third-order valence-electron chi connectivity index (χ3n) is 1.95. The number of ketones is 1. The Kier molecular flexibility index (Phi) is 2.95. The highest BCUT2D eigenvalue weighted by molar-refractivity contribution is 7.90. The van der Waals surface area contributed by atoms with E-state index in [1.54, 1.807) is 6.92 Å². The van der Waals surface area contributed by atoms with Gasteiger partial charge in [-0.2, -0.15) is 0 Å². The van der Waals surface area contributed by atoms with E-state index in [-0.39, 0.29) is 10.5 Å². The molecular formula is C10H11FO3S. The Hall–Kier alpha value is -1.23. The summed E-state index contributed by atoms with van der Waals surface area (Å²) in [6, 6.07) is 2.45. The van der Waals surface area contributed by atoms with Crippen LogP contribution in [0.25, 0.3) is 0 Å². The number of aryl methyl sites for hydroxylation is 1. The van der Waals surface area contributed by atoms with Crippen LogP contribution in [0.15, 0.2) is 17.0 Å². The standard InChI is InChI=1S/C10H11FO3S/c1-6-4-8(11)10(7(2)12)9(5-6)15(3,13)14/h4-5H,1-3H3. The van der Waals surface area contributed by atoms with Crippen molar-refractivity contribution in [3.05, 3.63) is 29.1 Å². The summed E-state index contributed by atoms with van der Waals surface area (Å²) in [6.07, 6.45) is 0.952. The second kappa shape index (κ2) is 3.73. The topological polar surface area (TPSA) is 51.2 Å². The number of carbonyl (C=O) groups excluding carboxylic acids is 1. The molecule has 0 spiro atoms. The summed E-state index contributed by atoms with van der Waals surface area (Å²) < 4.78 is 36.1. The van der Waals surface area contributed by atoms with Crippen molar-refractivity contribution in [3.63, 3.8) is 0 Å². The zero-order valence-electron chi connectivity index (χ0n) is 8.67. The van der Waals surface area contributed by atoms with Gasteiger partial charge in [-0.3, -0.25) is 4.79 Å². The smallest absolute Gasteiger partial charge is 0.176 e. The fourth-order valence-corrected chi connectivity index (χ4v) is 2.36. The monoisotopic (exact) mass is 230 g/mol. The summed E-state index contributed by atoms with van der Waals surface area (Å²) in [5, 5.41) is 0. The van der Waals surface area contributed by atoms with Gasteiger partial charge < -0.3 is 0 Å². The first-order chi connectivity index (χ1) is 6.73. The van der Waals surface area contributed by atoms with Gasteiger partial charge in [-0.25, -0.2) is 12.8 Å². The lowest BCUT2D eigenvalue weighted by Crippen LogP contribution is -2.09. The van der Waals surface area contributed by atoms with Crippen LogP contribution in [-0.2, 0) is 9.84 Å². The highest BCUT2D eigenvalue weighted by atomic mass is 32.2. The van der Waals surface area contributed by atoms with Gasteiger partial charge in [0.15, 0.2) is 15.6 Å². The first-order valence-electron chi connectivity index (χ1n) is 4.24. The zero-order chi connectivity index (χ0) is 11.8. The molecule has 0 unspecified atom stereocenters. The molecule has 15 heavy (non-hydrogen) atoms. The normalized spacial score (nSPS) is 11.5. The third kappa shape index (κ3) is 2.41. The Morgan fingerprint density at radius 3 is 2.27 bits per heavy atom. The third-order valence-corrected chi connectivity index (χ3v) is 3.07. The molecule has 0 aliphatic rings. The quantitative estimate of drug-likeness (QED) is 0.727. The first kappa shape index (κ1) is 11.8. The molecule has 0 aliphatic heterocycles. The van der Waals surface area contributed by atoms with E-state index < -0.39 is 21.4 Å². The zero-order valence-corrected chi connectivity index (χ0v) is 9.48. The Morgan fingerprint density at radius 2 is 1.87 bits per heavy atom. The van der Waals surface area contributed by atoms with Crippen LogP contribution in [0.5, 0.6) is 0 Å². The maximum Gasteiger partial charge on any atom is 0.176 e. The molecule has 0 heterocycles. The molecule has 0 atom stereocenters. The molecule has 0 amide bonds. The fourth-order valence-electron chi connectivity index (χ4n) is 1.34. The number of Topliss-reactive ketones (excluding diaryl/α,β-unsaturated/α-hetero) is 1. The van der Waals surface area contributed by atoms with E-state index in [9.17, 15) is 17.6 Å². The molecule has 0 aliphatic carbocycles. The van der Waals surface area contributed by atoms with Gasteiger partial charge in [-0.05, 0) is 31.5 Å². The summed E-state index contributed by atoms with van der Waals surface area (Å²) >= 11 is 0. The van der Waals surface area contributed by atoms with Gasteiger partial charge >= 0.3 is 0 Å². The van der Waals surface area contributed by atoms with Crippen molar-refractivity contribution < 1.29 is 17.6 Å². The van der Waals surface area contributed by atoms with E-state index in [2.05, 4.69) is 0 Å². The number of benzene rings is 1. The van der Waals surface area contributed by atoms with Crippen molar-refractivity contribution >= 4 is 15.6 Å². The number of hydrogen-bond acceptors (Lipinski definition) is 3. The summed E-state index contributed by atoms with van der Waals surface area (Å²) in [4.78, 5) is 10.9. The molecule has 0 radical (unpaired) electrons. The lowest BCUT2D eigenvalue weighted by atomic mass is 10.1. The van der Waals surface area contributed by atoms with Crippen LogP contribution in [0, 0.1) is 12.7 Å².